The summed E-state index contributed by atoms with van der Waals surface area (Å²) in [4.78, 5) is 77.7. The van der Waals surface area contributed by atoms with Gasteiger partial charge < -0.3 is 32.3 Å². The summed E-state index contributed by atoms with van der Waals surface area (Å²) in [5, 5.41) is 15.3. The SMILES string of the molecule is NC1CCCCC1NC(=O)c1cccc(C(=O)NC2CCCCC2NC(=O)c2cccc(C(=O)NC3CCCCC3NC(=O)c3cccc(C=O)c3)c2)c1. The van der Waals surface area contributed by atoms with Crippen LogP contribution in [-0.4, -0.2) is 72.1 Å². The number of amides is 5. The van der Waals surface area contributed by atoms with Crippen molar-refractivity contribution in [2.75, 3.05) is 0 Å². The van der Waals surface area contributed by atoms with Gasteiger partial charge in [0, 0.05) is 69.6 Å². The number of nitrogens with one attached hydrogen (secondary N) is 5. The van der Waals surface area contributed by atoms with Gasteiger partial charge in [-0.25, -0.2) is 0 Å². The number of carbonyl (C=O) groups is 6. The highest BCUT2D eigenvalue weighted by atomic mass is 16.2. The maximum absolute atomic E-state index is 13.6. The molecule has 12 heteroatoms. The Morgan fingerprint density at radius 2 is 0.741 bits per heavy atom. The van der Waals surface area contributed by atoms with Crippen molar-refractivity contribution in [3.05, 3.63) is 106 Å². The minimum atomic E-state index is -0.351. The number of aldehydes is 1. The van der Waals surface area contributed by atoms with Gasteiger partial charge in [0.15, 0.2) is 0 Å². The third-order valence-electron chi connectivity index (χ3n) is 11.0. The van der Waals surface area contributed by atoms with Gasteiger partial charge in [0.1, 0.15) is 6.29 Å². The van der Waals surface area contributed by atoms with Crippen LogP contribution in [0.15, 0.2) is 72.8 Å². The molecule has 3 fully saturated rings. The fraction of sp³-hybridized carbons (Fsp3) is 0.429. The molecule has 3 aromatic carbocycles. The van der Waals surface area contributed by atoms with E-state index in [1.165, 1.54) is 6.07 Å². The van der Waals surface area contributed by atoms with Crippen molar-refractivity contribution in [3.8, 4) is 0 Å². The zero-order valence-corrected chi connectivity index (χ0v) is 30.5. The molecule has 0 aliphatic heterocycles. The zero-order valence-electron chi connectivity index (χ0n) is 30.5. The second-order valence-corrected chi connectivity index (χ2v) is 14.8. The quantitative estimate of drug-likeness (QED) is 0.157. The number of carbonyl (C=O) groups excluding carboxylic acids is 6. The minimum Gasteiger partial charge on any atom is -0.348 e. The summed E-state index contributed by atoms with van der Waals surface area (Å²) in [7, 11) is 0. The van der Waals surface area contributed by atoms with Gasteiger partial charge >= 0.3 is 0 Å². The molecule has 3 saturated carbocycles. The molecule has 54 heavy (non-hydrogen) atoms. The summed E-state index contributed by atoms with van der Waals surface area (Å²) in [6.07, 6.45) is 10.8. The Hall–Kier alpha value is -5.36. The van der Waals surface area contributed by atoms with Crippen molar-refractivity contribution in [1.29, 1.82) is 0 Å². The first kappa shape index (κ1) is 38.4. The highest BCUT2D eigenvalue weighted by Crippen LogP contribution is 2.23. The Morgan fingerprint density at radius 3 is 1.09 bits per heavy atom. The summed E-state index contributed by atoms with van der Waals surface area (Å²) in [6.45, 7) is 0. The predicted octanol–water partition coefficient (Wildman–Crippen LogP) is 4.44. The lowest BCUT2D eigenvalue weighted by atomic mass is 9.89. The summed E-state index contributed by atoms with van der Waals surface area (Å²) in [6, 6.07) is 18.2. The molecule has 0 spiro atoms. The maximum Gasteiger partial charge on any atom is 0.251 e. The van der Waals surface area contributed by atoms with Crippen molar-refractivity contribution in [1.82, 2.24) is 26.6 Å². The van der Waals surface area contributed by atoms with Crippen LogP contribution in [0.5, 0.6) is 0 Å². The average molecular weight is 735 g/mol. The van der Waals surface area contributed by atoms with Gasteiger partial charge in [-0.3, -0.25) is 28.8 Å². The summed E-state index contributed by atoms with van der Waals surface area (Å²) < 4.78 is 0. The predicted molar refractivity (Wildman–Crippen MR) is 204 cm³/mol. The van der Waals surface area contributed by atoms with E-state index in [2.05, 4.69) is 26.6 Å². The summed E-state index contributed by atoms with van der Waals surface area (Å²) >= 11 is 0. The molecule has 5 amide bonds. The second kappa shape index (κ2) is 18.1. The van der Waals surface area contributed by atoms with E-state index in [1.807, 2.05) is 0 Å². The molecule has 0 radical (unpaired) electrons. The van der Waals surface area contributed by atoms with Crippen molar-refractivity contribution < 1.29 is 28.8 Å². The first-order valence-electron chi connectivity index (χ1n) is 19.2. The Labute approximate surface area is 315 Å². The van der Waals surface area contributed by atoms with E-state index in [4.69, 9.17) is 5.73 Å². The van der Waals surface area contributed by atoms with E-state index >= 15 is 0 Å². The topological polar surface area (TPSA) is 189 Å². The van der Waals surface area contributed by atoms with Crippen molar-refractivity contribution in [3.63, 3.8) is 0 Å². The van der Waals surface area contributed by atoms with Crippen LogP contribution in [0.1, 0.15) is 139 Å². The van der Waals surface area contributed by atoms with Gasteiger partial charge in [-0.05, 0) is 87.1 Å². The number of hydrogen-bond acceptors (Lipinski definition) is 7. The van der Waals surface area contributed by atoms with Crippen LogP contribution in [0.4, 0.5) is 0 Å². The maximum atomic E-state index is 13.6. The molecule has 6 atom stereocenters. The normalized spacial score (nSPS) is 23.9. The van der Waals surface area contributed by atoms with Crippen LogP contribution in [0.25, 0.3) is 0 Å². The van der Waals surface area contributed by atoms with Gasteiger partial charge in [0.25, 0.3) is 29.5 Å². The number of rotatable bonds is 11. The van der Waals surface area contributed by atoms with E-state index in [1.54, 1.807) is 66.7 Å². The summed E-state index contributed by atoms with van der Waals surface area (Å²) in [5.74, 6) is -1.59. The van der Waals surface area contributed by atoms with Gasteiger partial charge in [-0.1, -0.05) is 62.8 Å². The lowest BCUT2D eigenvalue weighted by Crippen LogP contribution is -2.53. The number of benzene rings is 3. The molecular formula is C42H50N6O6. The number of nitrogens with two attached hydrogens (primary N) is 1. The molecule has 3 aliphatic rings. The molecule has 12 nitrogen and oxygen atoms in total. The molecule has 0 bridgehead atoms. The molecule has 6 unspecified atom stereocenters. The van der Waals surface area contributed by atoms with E-state index in [-0.39, 0.29) is 65.8 Å². The highest BCUT2D eigenvalue weighted by Gasteiger charge is 2.31. The smallest absolute Gasteiger partial charge is 0.251 e. The van der Waals surface area contributed by atoms with Crippen LogP contribution in [0.2, 0.25) is 0 Å². The lowest BCUT2D eigenvalue weighted by molar-refractivity contribution is 0.0858. The Morgan fingerprint density at radius 1 is 0.444 bits per heavy atom. The lowest BCUT2D eigenvalue weighted by Gasteiger charge is -2.33. The first-order valence-corrected chi connectivity index (χ1v) is 19.2. The number of hydrogen-bond donors (Lipinski definition) is 6. The Balaban J connectivity index is 1.05. The van der Waals surface area contributed by atoms with Gasteiger partial charge in [-0.15, -0.1) is 0 Å². The van der Waals surface area contributed by atoms with E-state index in [0.717, 1.165) is 51.4 Å². The monoisotopic (exact) mass is 734 g/mol. The van der Waals surface area contributed by atoms with Crippen LogP contribution in [0.3, 0.4) is 0 Å². The van der Waals surface area contributed by atoms with E-state index in [9.17, 15) is 28.8 Å². The fourth-order valence-electron chi connectivity index (χ4n) is 7.91. The molecular weight excluding hydrogens is 684 g/mol. The third kappa shape index (κ3) is 9.79. The van der Waals surface area contributed by atoms with Gasteiger partial charge in [-0.2, -0.15) is 0 Å². The van der Waals surface area contributed by atoms with Crippen molar-refractivity contribution in [2.24, 2.45) is 5.73 Å². The van der Waals surface area contributed by atoms with E-state index < -0.39 is 0 Å². The third-order valence-corrected chi connectivity index (χ3v) is 11.0. The van der Waals surface area contributed by atoms with Crippen LogP contribution in [0, 0.1) is 0 Å². The molecule has 0 aromatic heterocycles. The zero-order chi connectivity index (χ0) is 38.0. The Bertz CT molecular complexity index is 1860. The van der Waals surface area contributed by atoms with E-state index in [0.29, 0.717) is 65.4 Å². The molecule has 3 aromatic rings. The largest absolute Gasteiger partial charge is 0.348 e. The highest BCUT2D eigenvalue weighted by molar-refractivity contribution is 6.01. The van der Waals surface area contributed by atoms with Gasteiger partial charge in [0.2, 0.25) is 0 Å². The molecule has 284 valence electrons. The molecule has 6 rings (SSSR count). The molecule has 7 N–H and O–H groups in total. The van der Waals surface area contributed by atoms with Gasteiger partial charge in [0.05, 0.1) is 0 Å². The molecule has 0 saturated heterocycles. The second-order valence-electron chi connectivity index (χ2n) is 14.8. The standard InChI is InChI=1S/C42H50N6O6/c43-32-16-1-2-17-33(32)44-39(51)28-12-8-13-29(23-28)40(52)47-36-20-5-6-21-37(36)48-42(54)31-15-9-14-30(24-31)41(53)46-35-19-4-3-18-34(35)45-38(50)27-11-7-10-26(22-27)25-49/h7-15,22-25,32-37H,1-6,16-21,43H2,(H,44,51)(H,45,50)(H,46,53)(H,47,52)(H,48,54). The summed E-state index contributed by atoms with van der Waals surface area (Å²) in [5.41, 5.74) is 8.40. The Kier molecular flexibility index (Phi) is 12.9. The van der Waals surface area contributed by atoms with Crippen LogP contribution >= 0.6 is 0 Å². The molecule has 0 heterocycles. The average Bonchev–Trinajstić information content (AvgIpc) is 3.20. The minimum absolute atomic E-state index is 0.0800. The van der Waals surface area contributed by atoms with Crippen molar-refractivity contribution in [2.45, 2.75) is 113 Å². The van der Waals surface area contributed by atoms with Crippen molar-refractivity contribution >= 4 is 35.8 Å². The first-order chi connectivity index (χ1) is 26.2. The van der Waals surface area contributed by atoms with Crippen LogP contribution in [-0.2, 0) is 0 Å². The molecule has 3 aliphatic carbocycles. The fourth-order valence-corrected chi connectivity index (χ4v) is 7.91. The van der Waals surface area contributed by atoms with Crippen LogP contribution < -0.4 is 32.3 Å².